The zero-order valence-corrected chi connectivity index (χ0v) is 80.7. The van der Waals surface area contributed by atoms with Gasteiger partial charge in [-0.15, -0.1) is 30.6 Å². The molecule has 0 atom stereocenters. The number of benzene rings is 13. The van der Waals surface area contributed by atoms with Gasteiger partial charge in [0.2, 0.25) is 0 Å². The van der Waals surface area contributed by atoms with Gasteiger partial charge in [-0.1, -0.05) is 371 Å². The predicted octanol–water partition coefficient (Wildman–Crippen LogP) is 32.5. The van der Waals surface area contributed by atoms with E-state index in [1.165, 1.54) is 139 Å². The fraction of sp³-hybridized carbons (Fsp3) is 0.294. The molecule has 0 saturated carbocycles. The van der Waals surface area contributed by atoms with Gasteiger partial charge in [0, 0.05) is 33.4 Å². The summed E-state index contributed by atoms with van der Waals surface area (Å²) in [6.07, 6.45) is 1.03. The van der Waals surface area contributed by atoms with Gasteiger partial charge >= 0.3 is 0 Å². The van der Waals surface area contributed by atoms with E-state index in [0.29, 0.717) is 35.5 Å². The van der Waals surface area contributed by atoms with Crippen molar-refractivity contribution in [3.05, 3.63) is 362 Å². The van der Waals surface area contributed by atoms with Crippen LogP contribution in [-0.2, 0) is 17.3 Å². The molecular formula is C119H131N9. The number of hydrogen-bond donors (Lipinski definition) is 0. The average molecular weight is 1690 g/mol. The summed E-state index contributed by atoms with van der Waals surface area (Å²) >= 11 is 0. The molecule has 16 aromatic rings. The monoisotopic (exact) mass is 1690 g/mol. The van der Waals surface area contributed by atoms with Crippen LogP contribution in [0.1, 0.15) is 256 Å². The predicted molar refractivity (Wildman–Crippen MR) is 543 cm³/mol. The molecule has 0 unspecified atom stereocenters. The summed E-state index contributed by atoms with van der Waals surface area (Å²) in [7, 11) is 0. The summed E-state index contributed by atoms with van der Waals surface area (Å²) < 4.78 is 6.97. The standard InChI is InChI=1S/C53H57N3.C36H39N3.C30H35N3/c1-34(2)47-19-14-20-48(35(3)4)49(47)56-50(40-17-12-15-36(5)29-40)54-55-51(56)41-18-13-16-39(30-41)44-32-42(37-21-25-45(26-22-37)52(6,7)8)31-43(33-44)38-23-27-46(28-24-38)53(9,10)11;1-22(2)32-20-30(28-14-12-24(5)13-15-28)21-33(23(3)4)34(32)39-35(29-11-9-10-25(6)17-29)37-38-36(39)31-18-26(7)16-27(8)19-31;1-8-23-17-25(19(2)3)28(26(18-23)20(4)5)33-29(24-12-10-9-11-13-24)31-32-30(33)27-16-21(6)14-15-22(27)7/h12-35H,1-11H3;9-23H,1-8H3;9-20H,8H2,1-7H3. The lowest BCUT2D eigenvalue weighted by atomic mass is 9.85. The van der Waals surface area contributed by atoms with E-state index >= 15 is 0 Å². The average Bonchev–Trinajstić information content (AvgIpc) is 1.54. The maximum Gasteiger partial charge on any atom is 0.169 e. The van der Waals surface area contributed by atoms with E-state index in [1.54, 1.807) is 0 Å². The number of rotatable bonds is 20. The van der Waals surface area contributed by atoms with Crippen LogP contribution in [0.4, 0.5) is 0 Å². The van der Waals surface area contributed by atoms with E-state index in [0.717, 1.165) is 85.9 Å². The lowest BCUT2D eigenvalue weighted by molar-refractivity contribution is 0.590. The topological polar surface area (TPSA) is 92.1 Å². The van der Waals surface area contributed by atoms with Crippen LogP contribution in [0.25, 0.3) is 130 Å². The summed E-state index contributed by atoms with van der Waals surface area (Å²) in [5.74, 6) is 7.23. The molecule has 0 spiro atoms. The first-order valence-corrected chi connectivity index (χ1v) is 46.3. The summed E-state index contributed by atoms with van der Waals surface area (Å²) in [5.41, 5.74) is 40.3. The molecule has 0 N–H and O–H groups in total. The minimum absolute atomic E-state index is 0.0894. The number of para-hydroxylation sites is 1. The van der Waals surface area contributed by atoms with Crippen LogP contribution in [0, 0.1) is 48.5 Å². The van der Waals surface area contributed by atoms with Gasteiger partial charge in [-0.3, -0.25) is 13.7 Å². The maximum absolute atomic E-state index is 5.00. The zero-order valence-electron chi connectivity index (χ0n) is 80.7. The molecule has 9 nitrogen and oxygen atoms in total. The molecule has 3 aromatic heterocycles. The Morgan fingerprint density at radius 3 is 0.945 bits per heavy atom. The third kappa shape index (κ3) is 20.0. The van der Waals surface area contributed by atoms with Gasteiger partial charge in [-0.2, -0.15) is 0 Å². The lowest BCUT2D eigenvalue weighted by Gasteiger charge is -2.25. The van der Waals surface area contributed by atoms with Crippen molar-refractivity contribution in [3.8, 4) is 130 Å². The van der Waals surface area contributed by atoms with Gasteiger partial charge in [-0.25, -0.2) is 0 Å². The molecule has 3 heterocycles. The molecule has 0 aliphatic carbocycles. The van der Waals surface area contributed by atoms with Gasteiger partial charge < -0.3 is 0 Å². The smallest absolute Gasteiger partial charge is 0.169 e. The quantitative estimate of drug-likeness (QED) is 0.0755. The Bertz CT molecular complexity index is 6440. The van der Waals surface area contributed by atoms with E-state index in [1.807, 2.05) is 6.07 Å². The molecule has 13 aromatic carbocycles. The van der Waals surface area contributed by atoms with Crippen molar-refractivity contribution in [2.24, 2.45) is 0 Å². The fourth-order valence-corrected chi connectivity index (χ4v) is 17.7. The number of aryl methyl sites for hydroxylation is 8. The molecule has 0 radical (unpaired) electrons. The van der Waals surface area contributed by atoms with E-state index in [-0.39, 0.29) is 10.8 Å². The summed E-state index contributed by atoms with van der Waals surface area (Å²) in [5, 5.41) is 29.2. The van der Waals surface area contributed by atoms with Gasteiger partial charge in [0.15, 0.2) is 34.9 Å². The largest absolute Gasteiger partial charge is 0.274 e. The third-order valence-electron chi connectivity index (χ3n) is 24.9. The number of hydrogen-bond acceptors (Lipinski definition) is 6. The highest BCUT2D eigenvalue weighted by Gasteiger charge is 2.31. The SMILES string of the molecule is CCc1cc(C(C)C)c(-n2c(-c3ccccc3)nnc2-c2cc(C)ccc2C)c(C(C)C)c1.Cc1ccc(-c2cc(C(C)C)c(-n3c(-c4cccc(C)c4)nnc3-c3cc(C)cc(C)c3)c(C(C)C)c2)cc1.Cc1cccc(-c2nnc(-c3cccc(-c4cc(-c5ccc(C(C)(C)C)cc5)cc(-c5ccc(C(C)(C)C)cc5)c4)c3)n2-c2c(C(C)C)cccc2C(C)C)c1. The Morgan fingerprint density at radius 1 is 0.227 bits per heavy atom. The van der Waals surface area contributed by atoms with Crippen molar-refractivity contribution < 1.29 is 0 Å². The first-order valence-electron chi connectivity index (χ1n) is 46.3. The molecular weight excluding hydrogens is 1560 g/mol. The highest BCUT2D eigenvalue weighted by molar-refractivity contribution is 5.84. The van der Waals surface area contributed by atoms with Gasteiger partial charge in [0.1, 0.15) is 0 Å². The first kappa shape index (κ1) is 91.5. The Kier molecular flexibility index (Phi) is 27.5. The van der Waals surface area contributed by atoms with Gasteiger partial charge in [0.25, 0.3) is 0 Å². The third-order valence-corrected chi connectivity index (χ3v) is 24.9. The second kappa shape index (κ2) is 38.5. The highest BCUT2D eigenvalue weighted by Crippen LogP contribution is 2.46. The van der Waals surface area contributed by atoms with Gasteiger partial charge in [-0.05, 0) is 268 Å². The van der Waals surface area contributed by atoms with Crippen molar-refractivity contribution in [2.75, 3.05) is 0 Å². The Balaban J connectivity index is 0.000000162. The van der Waals surface area contributed by atoms with E-state index in [9.17, 15) is 0 Å². The van der Waals surface area contributed by atoms with Crippen LogP contribution in [-0.4, -0.2) is 44.3 Å². The summed E-state index contributed by atoms with van der Waals surface area (Å²) in [6, 6.07) is 100. The normalized spacial score (nSPS) is 11.8. The minimum Gasteiger partial charge on any atom is -0.274 e. The van der Waals surface area contributed by atoms with Crippen molar-refractivity contribution in [1.29, 1.82) is 0 Å². The first-order chi connectivity index (χ1) is 61.0. The number of aromatic nitrogens is 9. The van der Waals surface area contributed by atoms with Gasteiger partial charge in [0.05, 0.1) is 17.1 Å². The second-order valence-electron chi connectivity index (χ2n) is 39.4. The molecule has 128 heavy (non-hydrogen) atoms. The van der Waals surface area contributed by atoms with Crippen molar-refractivity contribution in [2.45, 2.75) is 233 Å². The second-order valence-corrected chi connectivity index (χ2v) is 39.4. The van der Waals surface area contributed by atoms with Crippen LogP contribution in [0.5, 0.6) is 0 Å². The van der Waals surface area contributed by atoms with Crippen molar-refractivity contribution in [1.82, 2.24) is 44.3 Å². The van der Waals surface area contributed by atoms with Crippen LogP contribution < -0.4 is 0 Å². The number of nitrogens with zero attached hydrogens (tertiary/aromatic N) is 9. The van der Waals surface area contributed by atoms with Crippen LogP contribution >= 0.6 is 0 Å². The van der Waals surface area contributed by atoms with Crippen molar-refractivity contribution >= 4 is 0 Å². The summed E-state index contributed by atoms with van der Waals surface area (Å²) in [6.45, 7) is 58.2. The van der Waals surface area contributed by atoms with Crippen LogP contribution in [0.15, 0.2) is 273 Å². The zero-order chi connectivity index (χ0) is 91.5. The molecule has 0 saturated heterocycles. The van der Waals surface area contributed by atoms with E-state index in [2.05, 4.69) is 461 Å². The van der Waals surface area contributed by atoms with E-state index in [4.69, 9.17) is 30.6 Å². The lowest BCUT2D eigenvalue weighted by Crippen LogP contribution is -2.11. The van der Waals surface area contributed by atoms with Crippen LogP contribution in [0.2, 0.25) is 0 Å². The molecule has 9 heteroatoms. The van der Waals surface area contributed by atoms with Crippen molar-refractivity contribution in [3.63, 3.8) is 0 Å². The van der Waals surface area contributed by atoms with E-state index < -0.39 is 0 Å². The minimum atomic E-state index is 0.0894. The summed E-state index contributed by atoms with van der Waals surface area (Å²) in [4.78, 5) is 0. The Labute approximate surface area is 764 Å². The molecule has 0 amide bonds. The molecule has 0 aliphatic rings. The molecule has 16 rings (SSSR count). The Morgan fingerprint density at radius 2 is 0.531 bits per heavy atom. The fourth-order valence-electron chi connectivity index (χ4n) is 17.7. The molecule has 652 valence electrons. The Hall–Kier alpha value is -12.7. The van der Waals surface area contributed by atoms with Crippen LogP contribution in [0.3, 0.4) is 0 Å². The maximum atomic E-state index is 5.00. The molecule has 0 bridgehead atoms. The highest BCUT2D eigenvalue weighted by atomic mass is 15.3. The molecule has 0 fully saturated rings. The molecule has 0 aliphatic heterocycles.